The van der Waals surface area contributed by atoms with Crippen LogP contribution in [0.3, 0.4) is 0 Å². The van der Waals surface area contributed by atoms with Crippen molar-refractivity contribution < 1.29 is 22.7 Å². The first-order valence-corrected chi connectivity index (χ1v) is 8.79. The third-order valence-electron chi connectivity index (χ3n) is 4.28. The minimum atomic E-state index is -4.92. The predicted octanol–water partition coefficient (Wildman–Crippen LogP) is 5.68. The molecule has 0 aliphatic heterocycles. The molecule has 7 heteroatoms. The minimum absolute atomic E-state index is 0.239. The first-order chi connectivity index (χ1) is 12.8. The molecule has 0 saturated carbocycles. The number of halogens is 4. The van der Waals surface area contributed by atoms with Gasteiger partial charge < -0.3 is 9.30 Å². The smallest absolute Gasteiger partial charge is 0.454 e. The fourth-order valence-corrected chi connectivity index (χ4v) is 3.15. The van der Waals surface area contributed by atoms with E-state index >= 15 is 0 Å². The standard InChI is InChI=1S/C20H17ClF3NO2/c1-2-13-4-3-5-16-17(19(26)20(22,23)24)12-25(18(13)16)10-11-27-15-8-6-14(21)7-9-15/h3-9,12H,2,10-11H2,1H3. The van der Waals surface area contributed by atoms with Gasteiger partial charge in [0.2, 0.25) is 0 Å². The molecule has 1 heterocycles. The number of aryl methyl sites for hydroxylation is 1. The van der Waals surface area contributed by atoms with Crippen LogP contribution < -0.4 is 4.74 Å². The topological polar surface area (TPSA) is 31.2 Å². The molecule has 0 fully saturated rings. The summed E-state index contributed by atoms with van der Waals surface area (Å²) in [5, 5.41) is 0.893. The molecule has 0 bridgehead atoms. The fraction of sp³-hybridized carbons (Fsp3) is 0.250. The molecule has 27 heavy (non-hydrogen) atoms. The summed E-state index contributed by atoms with van der Waals surface area (Å²) in [5.74, 6) is -1.23. The molecule has 0 N–H and O–H groups in total. The van der Waals surface area contributed by atoms with Gasteiger partial charge in [-0.05, 0) is 36.2 Å². The quantitative estimate of drug-likeness (QED) is 0.503. The summed E-state index contributed by atoms with van der Waals surface area (Å²) in [6.45, 7) is 2.46. The zero-order valence-corrected chi connectivity index (χ0v) is 15.3. The molecule has 0 aliphatic rings. The molecule has 142 valence electrons. The molecule has 0 aliphatic carbocycles. The monoisotopic (exact) mass is 395 g/mol. The van der Waals surface area contributed by atoms with Crippen molar-refractivity contribution >= 4 is 28.3 Å². The van der Waals surface area contributed by atoms with E-state index in [2.05, 4.69) is 0 Å². The van der Waals surface area contributed by atoms with Gasteiger partial charge >= 0.3 is 6.18 Å². The summed E-state index contributed by atoms with van der Waals surface area (Å²) < 4.78 is 46.2. The van der Waals surface area contributed by atoms with Gasteiger partial charge in [-0.15, -0.1) is 0 Å². The Morgan fingerprint density at radius 1 is 1.15 bits per heavy atom. The van der Waals surface area contributed by atoms with Crippen molar-refractivity contribution in [3.05, 3.63) is 64.8 Å². The lowest BCUT2D eigenvalue weighted by atomic mass is 10.0. The Labute approximate surface area is 159 Å². The Balaban J connectivity index is 1.92. The molecule has 0 unspecified atom stereocenters. The van der Waals surface area contributed by atoms with Gasteiger partial charge in [0.1, 0.15) is 12.4 Å². The highest BCUT2D eigenvalue weighted by Crippen LogP contribution is 2.30. The number of fused-ring (bicyclic) bond motifs is 1. The largest absolute Gasteiger partial charge is 0.492 e. The van der Waals surface area contributed by atoms with Gasteiger partial charge in [0.15, 0.2) is 0 Å². The first kappa shape index (κ1) is 19.3. The maximum Gasteiger partial charge on any atom is 0.454 e. The van der Waals surface area contributed by atoms with Crippen molar-refractivity contribution in [2.45, 2.75) is 26.1 Å². The number of alkyl halides is 3. The highest BCUT2D eigenvalue weighted by Gasteiger charge is 2.40. The summed E-state index contributed by atoms with van der Waals surface area (Å²) >= 11 is 5.83. The molecule has 0 spiro atoms. The van der Waals surface area contributed by atoms with E-state index in [0.29, 0.717) is 34.6 Å². The van der Waals surface area contributed by atoms with E-state index in [4.69, 9.17) is 16.3 Å². The molecular weight excluding hydrogens is 379 g/mol. The lowest BCUT2D eigenvalue weighted by Crippen LogP contribution is -2.22. The normalized spacial score (nSPS) is 11.7. The SMILES string of the molecule is CCc1cccc2c(C(=O)C(F)(F)F)cn(CCOc3ccc(Cl)cc3)c12. The second kappa shape index (κ2) is 7.64. The molecule has 3 nitrogen and oxygen atoms in total. The summed E-state index contributed by atoms with van der Waals surface area (Å²) in [6.07, 6.45) is -3.01. The average Bonchev–Trinajstić information content (AvgIpc) is 3.00. The van der Waals surface area contributed by atoms with Crippen molar-refractivity contribution in [3.8, 4) is 5.75 Å². The molecule has 0 amide bonds. The van der Waals surface area contributed by atoms with E-state index in [1.54, 1.807) is 41.0 Å². The van der Waals surface area contributed by atoms with Gasteiger partial charge in [-0.25, -0.2) is 0 Å². The second-order valence-electron chi connectivity index (χ2n) is 6.03. The molecular formula is C20H17ClF3NO2. The summed E-state index contributed by atoms with van der Waals surface area (Å²) in [5.41, 5.74) is 1.17. The van der Waals surface area contributed by atoms with Crippen LogP contribution in [0.15, 0.2) is 48.7 Å². The third kappa shape index (κ3) is 4.11. The number of carbonyl (C=O) groups excluding carboxylic acids is 1. The minimum Gasteiger partial charge on any atom is -0.492 e. The van der Waals surface area contributed by atoms with Crippen LogP contribution in [-0.4, -0.2) is 23.1 Å². The number of carbonyl (C=O) groups is 1. The Kier molecular flexibility index (Phi) is 5.46. The number of ether oxygens (including phenoxy) is 1. The Morgan fingerprint density at radius 2 is 1.85 bits per heavy atom. The van der Waals surface area contributed by atoms with E-state index < -0.39 is 12.0 Å². The predicted molar refractivity (Wildman–Crippen MR) is 98.6 cm³/mol. The lowest BCUT2D eigenvalue weighted by Gasteiger charge is -2.10. The molecule has 2 aromatic carbocycles. The van der Waals surface area contributed by atoms with Crippen molar-refractivity contribution in [2.75, 3.05) is 6.61 Å². The van der Waals surface area contributed by atoms with Gasteiger partial charge in [0, 0.05) is 16.6 Å². The van der Waals surface area contributed by atoms with Crippen LogP contribution in [0.1, 0.15) is 22.8 Å². The number of hydrogen-bond donors (Lipinski definition) is 0. The van der Waals surface area contributed by atoms with Crippen molar-refractivity contribution in [1.29, 1.82) is 0 Å². The van der Waals surface area contributed by atoms with Crippen molar-refractivity contribution in [2.24, 2.45) is 0 Å². The summed E-state index contributed by atoms with van der Waals surface area (Å²) in [6, 6.07) is 11.9. The number of benzene rings is 2. The zero-order valence-electron chi connectivity index (χ0n) is 14.5. The van der Waals surface area contributed by atoms with Crippen molar-refractivity contribution in [3.63, 3.8) is 0 Å². The van der Waals surface area contributed by atoms with Crippen LogP contribution in [0.25, 0.3) is 10.9 Å². The second-order valence-corrected chi connectivity index (χ2v) is 6.47. The molecule has 1 aromatic heterocycles. The number of Topliss-reactive ketones (excluding diaryl/α,β-unsaturated/α-hetero) is 1. The van der Waals surface area contributed by atoms with E-state index in [-0.39, 0.29) is 12.2 Å². The average molecular weight is 396 g/mol. The van der Waals surface area contributed by atoms with E-state index in [9.17, 15) is 18.0 Å². The van der Waals surface area contributed by atoms with Crippen LogP contribution in [0.5, 0.6) is 5.75 Å². The zero-order chi connectivity index (χ0) is 19.6. The molecule has 0 radical (unpaired) electrons. The number of rotatable bonds is 6. The van der Waals surface area contributed by atoms with Crippen LogP contribution in [-0.2, 0) is 13.0 Å². The summed E-state index contributed by atoms with van der Waals surface area (Å²) in [7, 11) is 0. The number of nitrogens with zero attached hydrogens (tertiary/aromatic N) is 1. The van der Waals surface area contributed by atoms with Crippen LogP contribution in [0.4, 0.5) is 13.2 Å². The number of hydrogen-bond acceptors (Lipinski definition) is 2. The molecule has 0 saturated heterocycles. The van der Waals surface area contributed by atoms with Gasteiger partial charge in [0.05, 0.1) is 17.6 Å². The first-order valence-electron chi connectivity index (χ1n) is 8.42. The summed E-state index contributed by atoms with van der Waals surface area (Å²) in [4.78, 5) is 11.8. The van der Waals surface area contributed by atoms with Gasteiger partial charge in [0.25, 0.3) is 5.78 Å². The number of para-hydroxylation sites is 1. The Hall–Kier alpha value is -2.47. The van der Waals surface area contributed by atoms with Gasteiger partial charge in [-0.2, -0.15) is 13.2 Å². The third-order valence-corrected chi connectivity index (χ3v) is 4.53. The van der Waals surface area contributed by atoms with Gasteiger partial charge in [-0.1, -0.05) is 36.7 Å². The number of aromatic nitrogens is 1. The van der Waals surface area contributed by atoms with E-state index in [1.807, 2.05) is 13.0 Å². The van der Waals surface area contributed by atoms with Crippen LogP contribution >= 0.6 is 11.6 Å². The highest BCUT2D eigenvalue weighted by molar-refractivity contribution is 6.30. The van der Waals surface area contributed by atoms with Gasteiger partial charge in [-0.3, -0.25) is 4.79 Å². The van der Waals surface area contributed by atoms with Crippen molar-refractivity contribution in [1.82, 2.24) is 4.57 Å². The van der Waals surface area contributed by atoms with Crippen LogP contribution in [0, 0.1) is 0 Å². The fourth-order valence-electron chi connectivity index (χ4n) is 3.03. The van der Waals surface area contributed by atoms with Crippen LogP contribution in [0.2, 0.25) is 5.02 Å². The van der Waals surface area contributed by atoms with E-state index in [0.717, 1.165) is 5.56 Å². The van der Waals surface area contributed by atoms with E-state index in [1.165, 1.54) is 6.20 Å². The molecule has 3 aromatic rings. The maximum absolute atomic E-state index is 13.0. The Morgan fingerprint density at radius 3 is 2.48 bits per heavy atom. The lowest BCUT2D eigenvalue weighted by molar-refractivity contribution is -0.0884. The maximum atomic E-state index is 13.0. The molecule has 0 atom stereocenters. The highest BCUT2D eigenvalue weighted by atomic mass is 35.5. The number of ketones is 1. The Bertz CT molecular complexity index is 962. The molecule has 3 rings (SSSR count).